The van der Waals surface area contributed by atoms with E-state index >= 15 is 0 Å². The fourth-order valence-corrected chi connectivity index (χ4v) is 3.68. The van der Waals surface area contributed by atoms with E-state index in [0.717, 1.165) is 44.1 Å². The number of piperazine rings is 1. The molecule has 1 aromatic carbocycles. The number of rotatable bonds is 4. The number of alkyl halides is 3. The fourth-order valence-electron chi connectivity index (χ4n) is 3.68. The summed E-state index contributed by atoms with van der Waals surface area (Å²) in [6.07, 6.45) is -0.796. The molecule has 1 atom stereocenters. The van der Waals surface area contributed by atoms with Gasteiger partial charge in [-0.3, -0.25) is 5.32 Å². The van der Waals surface area contributed by atoms with Crippen LogP contribution in [0.25, 0.3) is 0 Å². The Kier molecular flexibility index (Phi) is 5.96. The van der Waals surface area contributed by atoms with Crippen LogP contribution in [0.2, 0.25) is 0 Å². The molecule has 0 amide bonds. The van der Waals surface area contributed by atoms with E-state index in [1.165, 1.54) is 6.07 Å². The maximum Gasteiger partial charge on any atom is 0.416 e. The van der Waals surface area contributed by atoms with Gasteiger partial charge in [0, 0.05) is 38.1 Å². The molecule has 2 aromatic rings. The average Bonchev–Trinajstić information content (AvgIpc) is 2.79. The molecule has 1 unspecified atom stereocenters. The second kappa shape index (κ2) is 8.70. The first-order valence-corrected chi connectivity index (χ1v) is 10.4. The molecule has 1 fully saturated rings. The van der Waals surface area contributed by atoms with Gasteiger partial charge in [-0.2, -0.15) is 13.2 Å². The van der Waals surface area contributed by atoms with Crippen LogP contribution in [0, 0.1) is 0 Å². The third kappa shape index (κ3) is 4.96. The summed E-state index contributed by atoms with van der Waals surface area (Å²) in [6.45, 7) is 4.95. The number of aliphatic imine (C=N–C) groups is 1. The van der Waals surface area contributed by atoms with Crippen molar-refractivity contribution in [3.8, 4) is 0 Å². The Morgan fingerprint density at radius 1 is 1.03 bits per heavy atom. The normalized spacial score (nSPS) is 21.5. The summed E-state index contributed by atoms with van der Waals surface area (Å²) < 4.78 is 39.2. The van der Waals surface area contributed by atoms with Gasteiger partial charge in [0.25, 0.3) is 0 Å². The summed E-state index contributed by atoms with van der Waals surface area (Å²) >= 11 is 0. The lowest BCUT2D eigenvalue weighted by molar-refractivity contribution is -0.137. The van der Waals surface area contributed by atoms with E-state index in [4.69, 9.17) is 4.99 Å². The molecule has 0 aliphatic carbocycles. The SMILES string of the molecule is CNC1(C)C=C(Nc2cccc(C(F)(F)F)c2)NC(N2CCN(c3ccccn3)CC2)=N1. The fraction of sp³-hybridized carbons (Fsp3) is 0.364. The van der Waals surface area contributed by atoms with E-state index in [-0.39, 0.29) is 0 Å². The topological polar surface area (TPSA) is 67.8 Å². The molecule has 0 bridgehead atoms. The lowest BCUT2D eigenvalue weighted by atomic mass is 10.1. The quantitative estimate of drug-likeness (QED) is 0.672. The zero-order valence-corrected chi connectivity index (χ0v) is 17.9. The van der Waals surface area contributed by atoms with Crippen molar-refractivity contribution in [2.75, 3.05) is 43.4 Å². The molecule has 170 valence electrons. The van der Waals surface area contributed by atoms with Gasteiger partial charge < -0.3 is 20.4 Å². The van der Waals surface area contributed by atoms with E-state index < -0.39 is 17.4 Å². The lowest BCUT2D eigenvalue weighted by Gasteiger charge is -2.40. The van der Waals surface area contributed by atoms with Crippen molar-refractivity contribution in [1.29, 1.82) is 0 Å². The van der Waals surface area contributed by atoms with Crippen LogP contribution in [-0.2, 0) is 6.18 Å². The van der Waals surface area contributed by atoms with Crippen molar-refractivity contribution < 1.29 is 13.2 Å². The molecule has 3 heterocycles. The van der Waals surface area contributed by atoms with Crippen molar-refractivity contribution in [3.63, 3.8) is 0 Å². The maximum atomic E-state index is 13.1. The van der Waals surface area contributed by atoms with Gasteiger partial charge in [0.2, 0.25) is 5.96 Å². The Bertz CT molecular complexity index is 998. The highest BCUT2D eigenvalue weighted by atomic mass is 19.4. The molecule has 32 heavy (non-hydrogen) atoms. The van der Waals surface area contributed by atoms with Crippen LogP contribution in [0.5, 0.6) is 0 Å². The first-order chi connectivity index (χ1) is 15.3. The monoisotopic (exact) mass is 445 g/mol. The Morgan fingerprint density at radius 3 is 2.44 bits per heavy atom. The van der Waals surface area contributed by atoms with Crippen molar-refractivity contribution in [2.24, 2.45) is 4.99 Å². The zero-order valence-electron chi connectivity index (χ0n) is 17.9. The molecule has 3 N–H and O–H groups in total. The number of nitrogens with zero attached hydrogens (tertiary/aromatic N) is 4. The highest BCUT2D eigenvalue weighted by Gasteiger charge is 2.32. The Morgan fingerprint density at radius 2 is 1.78 bits per heavy atom. The Labute approximate surface area is 185 Å². The number of nitrogens with one attached hydrogen (secondary N) is 3. The van der Waals surface area contributed by atoms with E-state index in [1.807, 2.05) is 31.2 Å². The molecule has 2 aliphatic heterocycles. The lowest BCUT2D eigenvalue weighted by Crippen LogP contribution is -2.56. The summed E-state index contributed by atoms with van der Waals surface area (Å²) in [4.78, 5) is 13.6. The highest BCUT2D eigenvalue weighted by Crippen LogP contribution is 2.31. The number of hydrogen-bond acceptors (Lipinski definition) is 7. The molecule has 0 spiro atoms. The Hall–Kier alpha value is -3.27. The number of likely N-dealkylation sites (N-methyl/N-ethyl adjacent to an activating group) is 1. The molecule has 2 aliphatic rings. The summed E-state index contributed by atoms with van der Waals surface area (Å²) in [5, 5.41) is 9.48. The van der Waals surface area contributed by atoms with Crippen LogP contribution < -0.4 is 20.9 Å². The molecule has 7 nitrogen and oxygen atoms in total. The van der Waals surface area contributed by atoms with Crippen LogP contribution >= 0.6 is 0 Å². The number of aromatic nitrogens is 1. The molecular formula is C22H26F3N7. The van der Waals surface area contributed by atoms with Crippen molar-refractivity contribution in [1.82, 2.24) is 20.5 Å². The van der Waals surface area contributed by atoms with Gasteiger partial charge in [0.05, 0.1) is 5.56 Å². The molecule has 0 saturated carbocycles. The molecule has 1 aromatic heterocycles. The van der Waals surface area contributed by atoms with Gasteiger partial charge in [-0.15, -0.1) is 0 Å². The Balaban J connectivity index is 1.47. The van der Waals surface area contributed by atoms with Crippen molar-refractivity contribution in [3.05, 3.63) is 66.1 Å². The van der Waals surface area contributed by atoms with E-state index in [1.54, 1.807) is 19.3 Å². The van der Waals surface area contributed by atoms with E-state index in [9.17, 15) is 13.2 Å². The zero-order chi connectivity index (χ0) is 22.8. The van der Waals surface area contributed by atoms with Gasteiger partial charge in [-0.05, 0) is 50.4 Å². The number of benzene rings is 1. The van der Waals surface area contributed by atoms with E-state index in [0.29, 0.717) is 17.5 Å². The number of hydrogen-bond donors (Lipinski definition) is 3. The summed E-state index contributed by atoms with van der Waals surface area (Å²) in [5.74, 6) is 2.18. The summed E-state index contributed by atoms with van der Waals surface area (Å²) in [6, 6.07) is 11.0. The van der Waals surface area contributed by atoms with Gasteiger partial charge >= 0.3 is 6.18 Å². The van der Waals surface area contributed by atoms with Crippen LogP contribution in [0.15, 0.2) is 65.6 Å². The predicted molar refractivity (Wildman–Crippen MR) is 119 cm³/mol. The number of pyridine rings is 1. The van der Waals surface area contributed by atoms with Crippen LogP contribution in [0.1, 0.15) is 12.5 Å². The maximum absolute atomic E-state index is 13.1. The average molecular weight is 445 g/mol. The minimum absolute atomic E-state index is 0.346. The summed E-state index contributed by atoms with van der Waals surface area (Å²) in [5.41, 5.74) is -1.06. The molecule has 4 rings (SSSR count). The largest absolute Gasteiger partial charge is 0.416 e. The summed E-state index contributed by atoms with van der Waals surface area (Å²) in [7, 11) is 1.80. The van der Waals surface area contributed by atoms with Crippen molar-refractivity contribution >= 4 is 17.5 Å². The minimum atomic E-state index is -4.40. The standard InChI is InChI=1S/C22H26F3N7/c1-21(26-2)15-18(28-17-7-5-6-16(14-17)22(23,24)25)29-20(30-21)32-12-10-31(11-13-32)19-8-3-4-9-27-19/h3-9,14-15,26,28H,10-13H2,1-2H3,(H,29,30). The van der Waals surface area contributed by atoms with Gasteiger partial charge in [-0.1, -0.05) is 12.1 Å². The first kappa shape index (κ1) is 21.9. The van der Waals surface area contributed by atoms with Crippen LogP contribution in [0.3, 0.4) is 0 Å². The third-order valence-corrected chi connectivity index (χ3v) is 5.54. The van der Waals surface area contributed by atoms with Gasteiger partial charge in [0.1, 0.15) is 17.3 Å². The second-order valence-corrected chi connectivity index (χ2v) is 7.88. The predicted octanol–water partition coefficient (Wildman–Crippen LogP) is 3.07. The molecule has 1 saturated heterocycles. The number of anilines is 2. The van der Waals surface area contributed by atoms with Gasteiger partial charge in [0.15, 0.2) is 0 Å². The van der Waals surface area contributed by atoms with Crippen LogP contribution in [0.4, 0.5) is 24.7 Å². The first-order valence-electron chi connectivity index (χ1n) is 10.4. The third-order valence-electron chi connectivity index (χ3n) is 5.54. The molecule has 0 radical (unpaired) electrons. The smallest absolute Gasteiger partial charge is 0.353 e. The minimum Gasteiger partial charge on any atom is -0.353 e. The molecule has 10 heteroatoms. The number of guanidine groups is 1. The second-order valence-electron chi connectivity index (χ2n) is 7.88. The van der Waals surface area contributed by atoms with Crippen molar-refractivity contribution in [2.45, 2.75) is 18.8 Å². The number of halogens is 3. The molecular weight excluding hydrogens is 419 g/mol. The highest BCUT2D eigenvalue weighted by molar-refractivity contribution is 5.84. The van der Waals surface area contributed by atoms with Gasteiger partial charge in [-0.25, -0.2) is 9.98 Å². The van der Waals surface area contributed by atoms with E-state index in [2.05, 4.69) is 30.7 Å². The van der Waals surface area contributed by atoms with Crippen LogP contribution in [-0.4, -0.2) is 54.7 Å².